The lowest BCUT2D eigenvalue weighted by Crippen LogP contribution is -2.29. The fraction of sp³-hybridized carbons (Fsp3) is 0.148. The van der Waals surface area contributed by atoms with E-state index in [1.807, 2.05) is 66.7 Å². The van der Waals surface area contributed by atoms with E-state index in [9.17, 15) is 18.5 Å². The lowest BCUT2D eigenvalue weighted by molar-refractivity contribution is 0.0954. The van der Waals surface area contributed by atoms with E-state index in [-0.39, 0.29) is 17.9 Å². The van der Waals surface area contributed by atoms with E-state index in [0.717, 1.165) is 17.4 Å². The molecule has 1 amide bonds. The molecule has 1 N–H and O–H groups in total. The van der Waals surface area contributed by atoms with Crippen LogP contribution in [0.4, 0.5) is 0 Å². The summed E-state index contributed by atoms with van der Waals surface area (Å²) in [5, 5.41) is 13.1. The molecule has 0 aliphatic rings. The SMILES string of the molecule is CS(=O)(=O)Cc1c(-c2ccccc2)nc2ccccc2c1C(=O)NCC(C#N)c1ccccc1. The van der Waals surface area contributed by atoms with Crippen LogP contribution in [0, 0.1) is 11.3 Å². The van der Waals surface area contributed by atoms with Gasteiger partial charge in [0.05, 0.1) is 34.5 Å². The van der Waals surface area contributed by atoms with Crippen molar-refractivity contribution in [2.75, 3.05) is 12.8 Å². The number of aromatic nitrogens is 1. The molecular weight excluding hydrogens is 446 g/mol. The molecule has 4 rings (SSSR count). The number of sulfone groups is 1. The van der Waals surface area contributed by atoms with Crippen molar-refractivity contribution < 1.29 is 13.2 Å². The number of amides is 1. The highest BCUT2D eigenvalue weighted by atomic mass is 32.2. The number of para-hydroxylation sites is 1. The fourth-order valence-electron chi connectivity index (χ4n) is 3.95. The zero-order chi connectivity index (χ0) is 24.1. The maximum absolute atomic E-state index is 13.6. The molecule has 0 bridgehead atoms. The highest BCUT2D eigenvalue weighted by Crippen LogP contribution is 2.31. The molecule has 4 aromatic rings. The second kappa shape index (κ2) is 9.86. The topological polar surface area (TPSA) is 99.9 Å². The van der Waals surface area contributed by atoms with E-state index in [1.54, 1.807) is 18.2 Å². The second-order valence-electron chi connectivity index (χ2n) is 8.07. The van der Waals surface area contributed by atoms with E-state index in [0.29, 0.717) is 22.2 Å². The first-order valence-corrected chi connectivity index (χ1v) is 12.8. The quantitative estimate of drug-likeness (QED) is 0.430. The Hall–Kier alpha value is -4.02. The molecule has 7 heteroatoms. The van der Waals surface area contributed by atoms with Gasteiger partial charge in [0.15, 0.2) is 9.84 Å². The third-order valence-electron chi connectivity index (χ3n) is 5.50. The number of pyridine rings is 1. The summed E-state index contributed by atoms with van der Waals surface area (Å²) in [6, 6.07) is 27.8. The Morgan fingerprint density at radius 3 is 2.24 bits per heavy atom. The Bertz CT molecular complexity index is 1480. The molecule has 0 aliphatic heterocycles. The largest absolute Gasteiger partial charge is 0.350 e. The number of benzene rings is 3. The van der Waals surface area contributed by atoms with E-state index in [2.05, 4.69) is 11.4 Å². The lowest BCUT2D eigenvalue weighted by atomic mass is 9.96. The molecule has 0 spiro atoms. The van der Waals surface area contributed by atoms with Gasteiger partial charge in [-0.05, 0) is 11.6 Å². The molecule has 1 aromatic heterocycles. The van der Waals surface area contributed by atoms with Gasteiger partial charge in [-0.2, -0.15) is 5.26 Å². The summed E-state index contributed by atoms with van der Waals surface area (Å²) >= 11 is 0. The van der Waals surface area contributed by atoms with Crippen LogP contribution >= 0.6 is 0 Å². The number of nitrogens with zero attached hydrogens (tertiary/aromatic N) is 2. The Morgan fingerprint density at radius 2 is 1.59 bits per heavy atom. The van der Waals surface area contributed by atoms with E-state index >= 15 is 0 Å². The van der Waals surface area contributed by atoms with Gasteiger partial charge in [0.2, 0.25) is 0 Å². The minimum Gasteiger partial charge on any atom is -0.350 e. The molecule has 3 aromatic carbocycles. The highest BCUT2D eigenvalue weighted by molar-refractivity contribution is 7.89. The number of fused-ring (bicyclic) bond motifs is 1. The summed E-state index contributed by atoms with van der Waals surface area (Å²) in [5.41, 5.74) is 3.17. The summed E-state index contributed by atoms with van der Waals surface area (Å²) in [7, 11) is -3.48. The molecule has 0 saturated carbocycles. The van der Waals surface area contributed by atoms with Crippen LogP contribution in [0.2, 0.25) is 0 Å². The van der Waals surface area contributed by atoms with Crippen molar-refractivity contribution >= 4 is 26.6 Å². The van der Waals surface area contributed by atoms with E-state index in [4.69, 9.17) is 4.98 Å². The van der Waals surface area contributed by atoms with Crippen LogP contribution in [0.25, 0.3) is 22.2 Å². The number of carbonyl (C=O) groups is 1. The maximum atomic E-state index is 13.6. The third-order valence-corrected chi connectivity index (χ3v) is 6.31. The van der Waals surface area contributed by atoms with Crippen molar-refractivity contribution in [3.8, 4) is 17.3 Å². The monoisotopic (exact) mass is 469 g/mol. The van der Waals surface area contributed by atoms with Crippen LogP contribution in [0.5, 0.6) is 0 Å². The predicted molar refractivity (Wildman–Crippen MR) is 133 cm³/mol. The van der Waals surface area contributed by atoms with Gasteiger partial charge in [-0.25, -0.2) is 13.4 Å². The molecule has 6 nitrogen and oxygen atoms in total. The molecule has 1 unspecified atom stereocenters. The Kier molecular flexibility index (Phi) is 6.71. The minimum absolute atomic E-state index is 0.0922. The van der Waals surface area contributed by atoms with Gasteiger partial charge in [-0.15, -0.1) is 0 Å². The summed E-state index contributed by atoms with van der Waals surface area (Å²) in [6.07, 6.45) is 1.14. The second-order valence-corrected chi connectivity index (χ2v) is 10.2. The van der Waals surface area contributed by atoms with Crippen molar-refractivity contribution in [2.45, 2.75) is 11.7 Å². The van der Waals surface area contributed by atoms with E-state index < -0.39 is 21.7 Å². The average Bonchev–Trinajstić information content (AvgIpc) is 2.84. The molecule has 170 valence electrons. The lowest BCUT2D eigenvalue weighted by Gasteiger charge is -2.18. The maximum Gasteiger partial charge on any atom is 0.252 e. The van der Waals surface area contributed by atoms with Crippen molar-refractivity contribution in [3.05, 3.63) is 102 Å². The van der Waals surface area contributed by atoms with Gasteiger partial charge < -0.3 is 5.32 Å². The average molecular weight is 470 g/mol. The number of hydrogen-bond acceptors (Lipinski definition) is 5. The molecule has 0 radical (unpaired) electrons. The van der Waals surface area contributed by atoms with Crippen molar-refractivity contribution in [3.63, 3.8) is 0 Å². The van der Waals surface area contributed by atoms with Gasteiger partial charge in [0.1, 0.15) is 0 Å². The number of carbonyl (C=O) groups excluding carboxylic acids is 1. The van der Waals surface area contributed by atoms with E-state index in [1.165, 1.54) is 0 Å². The van der Waals surface area contributed by atoms with Gasteiger partial charge >= 0.3 is 0 Å². The Morgan fingerprint density at radius 1 is 0.971 bits per heavy atom. The molecular formula is C27H23N3O3S. The van der Waals surface area contributed by atoms with Gasteiger partial charge in [-0.3, -0.25) is 4.79 Å². The summed E-state index contributed by atoms with van der Waals surface area (Å²) in [6.45, 7) is 0.0922. The zero-order valence-corrected chi connectivity index (χ0v) is 19.4. The van der Waals surface area contributed by atoms with Crippen LogP contribution in [-0.2, 0) is 15.6 Å². The molecule has 0 fully saturated rings. The highest BCUT2D eigenvalue weighted by Gasteiger charge is 2.24. The number of nitrogens with one attached hydrogen (secondary N) is 1. The van der Waals surface area contributed by atoms with Gasteiger partial charge in [0.25, 0.3) is 5.91 Å². The van der Waals surface area contributed by atoms with Crippen LogP contribution in [-0.4, -0.2) is 32.1 Å². The normalized spacial score (nSPS) is 12.1. The van der Waals surface area contributed by atoms with Gasteiger partial charge in [0, 0.05) is 29.3 Å². The first-order chi connectivity index (χ1) is 16.4. The molecule has 1 heterocycles. The van der Waals surface area contributed by atoms with Crippen LogP contribution in [0.1, 0.15) is 27.4 Å². The summed E-state index contributed by atoms with van der Waals surface area (Å²) in [5.74, 6) is -1.31. The van der Waals surface area contributed by atoms with Crippen molar-refractivity contribution in [1.82, 2.24) is 10.3 Å². The van der Waals surface area contributed by atoms with Crippen LogP contribution in [0.15, 0.2) is 84.9 Å². The number of nitriles is 1. The molecule has 1 atom stereocenters. The fourth-order valence-corrected chi connectivity index (χ4v) is 4.76. The Balaban J connectivity index is 1.84. The minimum atomic E-state index is -3.48. The number of rotatable bonds is 7. The predicted octanol–water partition coefficient (Wildman–Crippen LogP) is 4.48. The summed E-state index contributed by atoms with van der Waals surface area (Å²) in [4.78, 5) is 18.3. The van der Waals surface area contributed by atoms with Gasteiger partial charge in [-0.1, -0.05) is 78.9 Å². The number of hydrogen-bond donors (Lipinski definition) is 1. The smallest absolute Gasteiger partial charge is 0.252 e. The first kappa shape index (κ1) is 23.1. The standard InChI is InChI=1S/C27H23N3O3S/c1-34(32,33)18-23-25(27(31)29-17-21(16-28)19-10-4-2-5-11-19)22-14-8-9-15-24(22)30-26(23)20-12-6-3-7-13-20/h2-15,21H,17-18H2,1H3,(H,29,31). The van der Waals surface area contributed by atoms with Crippen LogP contribution in [0.3, 0.4) is 0 Å². The van der Waals surface area contributed by atoms with Crippen molar-refractivity contribution in [2.24, 2.45) is 0 Å². The third kappa shape index (κ3) is 5.13. The summed E-state index contributed by atoms with van der Waals surface area (Å²) < 4.78 is 24.8. The molecule has 0 aliphatic carbocycles. The molecule has 0 saturated heterocycles. The Labute approximate surface area is 198 Å². The first-order valence-electron chi connectivity index (χ1n) is 10.7. The zero-order valence-electron chi connectivity index (χ0n) is 18.6. The molecule has 34 heavy (non-hydrogen) atoms. The van der Waals surface area contributed by atoms with Crippen LogP contribution < -0.4 is 5.32 Å². The van der Waals surface area contributed by atoms with Crippen molar-refractivity contribution in [1.29, 1.82) is 5.26 Å².